The van der Waals surface area contributed by atoms with E-state index in [1.807, 2.05) is 18.2 Å². The zero-order valence-corrected chi connectivity index (χ0v) is 16.8. The highest BCUT2D eigenvalue weighted by Crippen LogP contribution is 2.27. The van der Waals surface area contributed by atoms with Gasteiger partial charge in [-0.1, -0.05) is 6.07 Å². The lowest BCUT2D eigenvalue weighted by Crippen LogP contribution is -2.29. The molecule has 2 aromatic heterocycles. The second kappa shape index (κ2) is 7.82. The van der Waals surface area contributed by atoms with Gasteiger partial charge in [0.25, 0.3) is 11.8 Å². The summed E-state index contributed by atoms with van der Waals surface area (Å²) in [6, 6.07) is 8.62. The molecule has 158 valence electrons. The van der Waals surface area contributed by atoms with Crippen molar-refractivity contribution in [3.05, 3.63) is 59.0 Å². The van der Waals surface area contributed by atoms with Crippen LogP contribution in [0.1, 0.15) is 44.9 Å². The molecule has 0 bridgehead atoms. The summed E-state index contributed by atoms with van der Waals surface area (Å²) < 4.78 is 6.83. The molecule has 5 rings (SSSR count). The molecule has 0 radical (unpaired) electrons. The van der Waals surface area contributed by atoms with Crippen molar-refractivity contribution in [2.24, 2.45) is 5.92 Å². The van der Waals surface area contributed by atoms with E-state index < -0.39 is 5.91 Å². The highest BCUT2D eigenvalue weighted by atomic mass is 16.5. The number of amides is 2. The fraction of sp³-hybridized carbons (Fsp3) is 0.318. The number of hydrogen-bond acceptors (Lipinski definition) is 6. The predicted octanol–water partition coefficient (Wildman–Crippen LogP) is 1.30. The summed E-state index contributed by atoms with van der Waals surface area (Å²) in [6.07, 6.45) is 4.13. The number of hydrogen-bond donors (Lipinski definition) is 2. The van der Waals surface area contributed by atoms with Crippen LogP contribution in [0.25, 0.3) is 5.65 Å². The lowest BCUT2D eigenvalue weighted by atomic mass is 10.0. The molecule has 9 heteroatoms. The first kappa shape index (κ1) is 19.2. The van der Waals surface area contributed by atoms with E-state index >= 15 is 0 Å². The number of aromatic nitrogens is 3. The summed E-state index contributed by atoms with van der Waals surface area (Å²) in [5.74, 6) is 0.587. The molecule has 1 aliphatic carbocycles. The average molecular weight is 419 g/mol. The standard InChI is InChI=1S/C22H21N5O4/c28-16-8-15-7-14(3-4-19(15)31-12-16)11-23-21(29)17-9-18(22(30)24-10-13-1-2-13)27-20(26-17)5-6-25-27/h3-7,9,13H,1-2,8,10-12H2,(H,23,29)(H,24,30). The van der Waals surface area contributed by atoms with Crippen molar-refractivity contribution in [3.63, 3.8) is 0 Å². The van der Waals surface area contributed by atoms with Crippen LogP contribution in [0.5, 0.6) is 5.75 Å². The normalized spacial score (nSPS) is 15.3. The second-order valence-corrected chi connectivity index (χ2v) is 7.91. The Bertz CT molecular complexity index is 1200. The Labute approximate surface area is 177 Å². The van der Waals surface area contributed by atoms with Gasteiger partial charge in [-0.15, -0.1) is 0 Å². The molecule has 1 aromatic carbocycles. The molecule has 2 N–H and O–H groups in total. The number of nitrogens with one attached hydrogen (secondary N) is 2. The smallest absolute Gasteiger partial charge is 0.270 e. The first-order valence-electron chi connectivity index (χ1n) is 10.2. The Morgan fingerprint density at radius 1 is 1.13 bits per heavy atom. The van der Waals surface area contributed by atoms with E-state index in [-0.39, 0.29) is 36.2 Å². The molecule has 9 nitrogen and oxygen atoms in total. The van der Waals surface area contributed by atoms with E-state index in [1.54, 1.807) is 6.07 Å². The van der Waals surface area contributed by atoms with E-state index in [1.165, 1.54) is 16.8 Å². The third kappa shape index (κ3) is 4.11. The summed E-state index contributed by atoms with van der Waals surface area (Å²) in [5.41, 5.74) is 2.50. The first-order valence-corrected chi connectivity index (χ1v) is 10.2. The molecule has 0 spiro atoms. The quantitative estimate of drug-likeness (QED) is 0.623. The van der Waals surface area contributed by atoms with Crippen LogP contribution in [-0.2, 0) is 17.8 Å². The molecule has 0 saturated heterocycles. The van der Waals surface area contributed by atoms with Gasteiger partial charge in [-0.25, -0.2) is 9.50 Å². The second-order valence-electron chi connectivity index (χ2n) is 7.91. The maximum absolute atomic E-state index is 12.8. The minimum atomic E-state index is -0.398. The van der Waals surface area contributed by atoms with E-state index in [2.05, 4.69) is 20.7 Å². The van der Waals surface area contributed by atoms with Gasteiger partial charge in [0.05, 0.1) is 6.20 Å². The minimum absolute atomic E-state index is 0.0273. The highest BCUT2D eigenvalue weighted by molar-refractivity contribution is 5.98. The van der Waals surface area contributed by atoms with Gasteiger partial charge in [0, 0.05) is 37.2 Å². The van der Waals surface area contributed by atoms with Crippen LogP contribution in [0.3, 0.4) is 0 Å². The van der Waals surface area contributed by atoms with Gasteiger partial charge in [0.1, 0.15) is 23.7 Å². The molecule has 2 amide bonds. The van der Waals surface area contributed by atoms with Gasteiger partial charge >= 0.3 is 0 Å². The van der Waals surface area contributed by atoms with Gasteiger partial charge in [-0.3, -0.25) is 14.4 Å². The first-order chi connectivity index (χ1) is 15.1. The van der Waals surface area contributed by atoms with Crippen LogP contribution in [0.4, 0.5) is 0 Å². The third-order valence-electron chi connectivity index (χ3n) is 5.43. The highest BCUT2D eigenvalue weighted by Gasteiger charge is 2.24. The monoisotopic (exact) mass is 419 g/mol. The lowest BCUT2D eigenvalue weighted by molar-refractivity contribution is -0.121. The molecule has 2 aliphatic rings. The summed E-state index contributed by atoms with van der Waals surface area (Å²) in [4.78, 5) is 41.3. The number of Topliss-reactive ketones (excluding diaryl/α,β-unsaturated/α-hetero) is 1. The molecule has 3 heterocycles. The Morgan fingerprint density at radius 2 is 2.00 bits per heavy atom. The van der Waals surface area contributed by atoms with Gasteiger partial charge in [0.2, 0.25) is 0 Å². The molecule has 3 aromatic rings. The molecular weight excluding hydrogens is 398 g/mol. The molecule has 0 atom stereocenters. The Hall–Kier alpha value is -3.75. The maximum Gasteiger partial charge on any atom is 0.270 e. The van der Waals surface area contributed by atoms with Crippen LogP contribution < -0.4 is 15.4 Å². The number of ketones is 1. The van der Waals surface area contributed by atoms with Crippen molar-refractivity contribution in [1.29, 1.82) is 0 Å². The van der Waals surface area contributed by atoms with Gasteiger partial charge in [-0.05, 0) is 36.5 Å². The van der Waals surface area contributed by atoms with Crippen LogP contribution in [0.15, 0.2) is 36.5 Å². The topological polar surface area (TPSA) is 115 Å². The number of rotatable bonds is 6. The number of benzene rings is 1. The summed E-state index contributed by atoms with van der Waals surface area (Å²) in [5, 5.41) is 9.87. The molecule has 0 unspecified atom stereocenters. The van der Waals surface area contributed by atoms with Gasteiger partial charge in [-0.2, -0.15) is 5.10 Å². The average Bonchev–Trinajstić information content (AvgIpc) is 3.49. The van der Waals surface area contributed by atoms with Crippen molar-refractivity contribution in [1.82, 2.24) is 25.2 Å². The minimum Gasteiger partial charge on any atom is -0.486 e. The summed E-state index contributed by atoms with van der Waals surface area (Å²) >= 11 is 0. The van der Waals surface area contributed by atoms with Gasteiger partial charge < -0.3 is 15.4 Å². The molecule has 1 fully saturated rings. The summed E-state index contributed by atoms with van der Waals surface area (Å²) in [7, 11) is 0. The third-order valence-corrected chi connectivity index (χ3v) is 5.43. The van der Waals surface area contributed by atoms with Crippen molar-refractivity contribution in [2.75, 3.05) is 13.2 Å². The maximum atomic E-state index is 12.8. The Morgan fingerprint density at radius 3 is 2.84 bits per heavy atom. The number of fused-ring (bicyclic) bond motifs is 2. The Balaban J connectivity index is 1.32. The van der Waals surface area contributed by atoms with Crippen molar-refractivity contribution in [3.8, 4) is 5.75 Å². The number of nitrogens with zero attached hydrogens (tertiary/aromatic N) is 3. The fourth-order valence-corrected chi connectivity index (χ4v) is 3.56. The van der Waals surface area contributed by atoms with Crippen molar-refractivity contribution >= 4 is 23.2 Å². The summed E-state index contributed by atoms with van der Waals surface area (Å²) in [6.45, 7) is 0.980. The largest absolute Gasteiger partial charge is 0.486 e. The van der Waals surface area contributed by atoms with Crippen LogP contribution in [-0.4, -0.2) is 45.3 Å². The lowest BCUT2D eigenvalue weighted by Gasteiger charge is -2.17. The number of ether oxygens (including phenoxy) is 1. The predicted molar refractivity (Wildman–Crippen MR) is 110 cm³/mol. The van der Waals surface area contributed by atoms with E-state index in [0.29, 0.717) is 30.3 Å². The molecular formula is C22H21N5O4. The Kier molecular flexibility index (Phi) is 4.85. The zero-order chi connectivity index (χ0) is 21.4. The van der Waals surface area contributed by atoms with E-state index in [0.717, 1.165) is 24.0 Å². The van der Waals surface area contributed by atoms with Crippen LogP contribution in [0, 0.1) is 5.92 Å². The van der Waals surface area contributed by atoms with Crippen LogP contribution in [0.2, 0.25) is 0 Å². The molecule has 1 saturated carbocycles. The van der Waals surface area contributed by atoms with Gasteiger partial charge in [0.15, 0.2) is 11.4 Å². The van der Waals surface area contributed by atoms with E-state index in [9.17, 15) is 14.4 Å². The van der Waals surface area contributed by atoms with E-state index in [4.69, 9.17) is 4.74 Å². The molecule has 1 aliphatic heterocycles. The fourth-order valence-electron chi connectivity index (χ4n) is 3.56. The number of carbonyl (C=O) groups is 3. The van der Waals surface area contributed by atoms with Crippen LogP contribution >= 0.6 is 0 Å². The van der Waals surface area contributed by atoms with Crippen molar-refractivity contribution < 1.29 is 19.1 Å². The zero-order valence-electron chi connectivity index (χ0n) is 16.8. The SMILES string of the molecule is O=C1COc2ccc(CNC(=O)c3cc(C(=O)NCC4CC4)n4nccc4n3)cc2C1. The van der Waals surface area contributed by atoms with Crippen molar-refractivity contribution in [2.45, 2.75) is 25.8 Å². The number of carbonyl (C=O) groups excluding carboxylic acids is 3. The molecule has 31 heavy (non-hydrogen) atoms.